The largest absolute Gasteiger partial charge is 0.495 e. The van der Waals surface area contributed by atoms with E-state index in [0.29, 0.717) is 6.42 Å². The van der Waals surface area contributed by atoms with E-state index in [1.165, 1.54) is 49.6 Å². The molecule has 0 aromatic heterocycles. The lowest BCUT2D eigenvalue weighted by atomic mass is 9.62. The number of hydrogen-bond acceptors (Lipinski definition) is 5. The third-order valence-corrected chi connectivity index (χ3v) is 7.89. The van der Waals surface area contributed by atoms with E-state index in [1.54, 1.807) is 0 Å². The van der Waals surface area contributed by atoms with Crippen LogP contribution in [-0.2, 0) is 10.2 Å². The van der Waals surface area contributed by atoms with Gasteiger partial charge in [-0.2, -0.15) is 5.26 Å². The Morgan fingerprint density at radius 3 is 2.26 bits per heavy atom. The second-order valence-electron chi connectivity index (χ2n) is 11.4. The van der Waals surface area contributed by atoms with E-state index in [9.17, 15) is 20.0 Å². The number of aromatic carboxylic acids is 1. The Balaban J connectivity index is 1.94. The van der Waals surface area contributed by atoms with Gasteiger partial charge in [0.05, 0.1) is 30.5 Å². The molecule has 0 radical (unpaired) electrons. The SMILES string of the molecule is COc1cc(C(=O)O)ccc1NC(=O)[C@@H]1N[C@@H](CC(C)(C)C)[C@](C#N)(c2ccc(Cl)cc2F)[C@H]1c1ccc(Cl)cc1F. The van der Waals surface area contributed by atoms with E-state index >= 15 is 8.78 Å². The number of hydrogen-bond donors (Lipinski definition) is 3. The number of carbonyl (C=O) groups excluding carboxylic acids is 1. The molecule has 7 nitrogen and oxygen atoms in total. The third kappa shape index (κ3) is 5.93. The molecule has 3 aromatic rings. The molecule has 3 N–H and O–H groups in total. The molecule has 1 fully saturated rings. The highest BCUT2D eigenvalue weighted by Crippen LogP contribution is 2.52. The van der Waals surface area contributed by atoms with E-state index in [1.807, 2.05) is 20.8 Å². The van der Waals surface area contributed by atoms with Crippen molar-refractivity contribution in [1.29, 1.82) is 5.26 Å². The van der Waals surface area contributed by atoms with Crippen LogP contribution in [0.2, 0.25) is 10.0 Å². The first-order valence-corrected chi connectivity index (χ1v) is 13.8. The Bertz CT molecular complexity index is 1590. The highest BCUT2D eigenvalue weighted by atomic mass is 35.5. The molecule has 1 aliphatic rings. The van der Waals surface area contributed by atoms with Crippen molar-refractivity contribution in [3.8, 4) is 11.8 Å². The number of anilines is 1. The average Bonchev–Trinajstić information content (AvgIpc) is 3.21. The number of carboxylic acids is 1. The topological polar surface area (TPSA) is 111 Å². The van der Waals surface area contributed by atoms with Crippen molar-refractivity contribution >= 4 is 40.8 Å². The first-order valence-electron chi connectivity index (χ1n) is 13.0. The van der Waals surface area contributed by atoms with Crippen molar-refractivity contribution < 1.29 is 28.2 Å². The summed E-state index contributed by atoms with van der Waals surface area (Å²) < 4.78 is 36.7. The lowest BCUT2D eigenvalue weighted by Gasteiger charge is -2.37. The van der Waals surface area contributed by atoms with Gasteiger partial charge in [0.15, 0.2) is 0 Å². The average molecular weight is 616 g/mol. The van der Waals surface area contributed by atoms with Gasteiger partial charge in [-0.15, -0.1) is 0 Å². The number of carboxylic acid groups (broad SMARTS) is 1. The fourth-order valence-corrected chi connectivity index (χ4v) is 6.01. The van der Waals surface area contributed by atoms with Gasteiger partial charge in [0.1, 0.15) is 22.8 Å². The Morgan fingerprint density at radius 1 is 1.07 bits per heavy atom. The number of nitrogens with one attached hydrogen (secondary N) is 2. The summed E-state index contributed by atoms with van der Waals surface area (Å²) in [7, 11) is 1.32. The zero-order valence-corrected chi connectivity index (χ0v) is 24.8. The molecule has 0 aliphatic carbocycles. The zero-order chi connectivity index (χ0) is 31.0. The standard InChI is InChI=1S/C31H29Cl2F2N3O4/c1-30(2,3)14-25-31(15-36,20-9-7-18(33)13-22(20)35)26(19-8-6-17(32)12-21(19)34)27(38-25)28(39)37-23-10-5-16(29(40)41)11-24(23)42-4/h5-13,25-27,38H,14H2,1-4H3,(H,37,39)(H,40,41)/t25-,26-,27+,31-/m0/s1. The molecule has 4 atom stereocenters. The Hall–Kier alpha value is -3.71. The highest BCUT2D eigenvalue weighted by Gasteiger charge is 2.61. The van der Waals surface area contributed by atoms with Crippen molar-refractivity contribution in [3.63, 3.8) is 0 Å². The molecule has 0 unspecified atom stereocenters. The number of nitriles is 1. The maximum atomic E-state index is 15.7. The van der Waals surface area contributed by atoms with Crippen LogP contribution < -0.4 is 15.4 Å². The predicted molar refractivity (Wildman–Crippen MR) is 156 cm³/mol. The summed E-state index contributed by atoms with van der Waals surface area (Å²) in [6.45, 7) is 5.82. The lowest BCUT2D eigenvalue weighted by Crippen LogP contribution is -2.44. The van der Waals surface area contributed by atoms with Crippen LogP contribution >= 0.6 is 23.2 Å². The molecular formula is C31H29Cl2F2N3O4. The van der Waals surface area contributed by atoms with Crippen LogP contribution in [0.5, 0.6) is 5.75 Å². The van der Waals surface area contributed by atoms with Crippen LogP contribution in [0, 0.1) is 28.4 Å². The monoisotopic (exact) mass is 615 g/mol. The van der Waals surface area contributed by atoms with Crippen molar-refractivity contribution in [2.45, 2.75) is 50.6 Å². The molecule has 1 heterocycles. The maximum absolute atomic E-state index is 15.7. The molecule has 42 heavy (non-hydrogen) atoms. The summed E-state index contributed by atoms with van der Waals surface area (Å²) in [5, 5.41) is 26.5. The first kappa shape index (κ1) is 31.2. The summed E-state index contributed by atoms with van der Waals surface area (Å²) in [6, 6.07) is 12.0. The second kappa shape index (κ2) is 11.9. The summed E-state index contributed by atoms with van der Waals surface area (Å²) in [6.07, 6.45) is 0.314. The molecule has 0 saturated carbocycles. The van der Waals surface area contributed by atoms with E-state index in [-0.39, 0.29) is 38.2 Å². The van der Waals surface area contributed by atoms with Crippen LogP contribution in [0.3, 0.4) is 0 Å². The fourth-order valence-electron chi connectivity index (χ4n) is 5.69. The molecule has 11 heteroatoms. The molecule has 0 spiro atoms. The number of methoxy groups -OCH3 is 1. The summed E-state index contributed by atoms with van der Waals surface area (Å²) in [5.41, 5.74) is -2.11. The number of carbonyl (C=O) groups is 2. The van der Waals surface area contributed by atoms with Gasteiger partial charge in [-0.25, -0.2) is 13.6 Å². The molecule has 3 aromatic carbocycles. The van der Waals surface area contributed by atoms with Gasteiger partial charge in [-0.3, -0.25) is 4.79 Å². The molecule has 4 rings (SSSR count). The summed E-state index contributed by atoms with van der Waals surface area (Å²) >= 11 is 12.1. The van der Waals surface area contributed by atoms with Gasteiger partial charge in [-0.1, -0.05) is 56.1 Å². The number of benzene rings is 3. The van der Waals surface area contributed by atoms with Gasteiger partial charge >= 0.3 is 5.97 Å². The minimum Gasteiger partial charge on any atom is -0.495 e. The third-order valence-electron chi connectivity index (χ3n) is 7.42. The van der Waals surface area contributed by atoms with E-state index in [2.05, 4.69) is 16.7 Å². The number of rotatable bonds is 7. The first-order chi connectivity index (χ1) is 19.7. The zero-order valence-electron chi connectivity index (χ0n) is 23.3. The Morgan fingerprint density at radius 2 is 1.71 bits per heavy atom. The van der Waals surface area contributed by atoms with Crippen molar-refractivity contribution in [1.82, 2.24) is 5.32 Å². The minimum atomic E-state index is -1.77. The van der Waals surface area contributed by atoms with Crippen LogP contribution in [0.4, 0.5) is 14.5 Å². The predicted octanol–water partition coefficient (Wildman–Crippen LogP) is 6.94. The Labute approximate surface area is 252 Å². The normalized spacial score (nSPS) is 21.9. The molecular weight excluding hydrogens is 587 g/mol. The van der Waals surface area contributed by atoms with Gasteiger partial charge in [-0.05, 0) is 59.9 Å². The van der Waals surface area contributed by atoms with Crippen LogP contribution in [0.15, 0.2) is 54.6 Å². The minimum absolute atomic E-state index is 0.00690. The molecule has 1 saturated heterocycles. The molecule has 1 aliphatic heterocycles. The summed E-state index contributed by atoms with van der Waals surface area (Å²) in [5.74, 6) is -4.53. The number of halogens is 4. The van der Waals surface area contributed by atoms with Crippen molar-refractivity contribution in [2.75, 3.05) is 12.4 Å². The van der Waals surface area contributed by atoms with Crippen LogP contribution in [-0.4, -0.2) is 36.2 Å². The molecule has 220 valence electrons. The van der Waals surface area contributed by atoms with Crippen LogP contribution in [0.25, 0.3) is 0 Å². The van der Waals surface area contributed by atoms with Gasteiger partial charge in [0, 0.05) is 27.6 Å². The van der Waals surface area contributed by atoms with E-state index in [4.69, 9.17) is 27.9 Å². The number of amides is 1. The van der Waals surface area contributed by atoms with Crippen LogP contribution in [0.1, 0.15) is 54.6 Å². The maximum Gasteiger partial charge on any atom is 0.335 e. The molecule has 0 bridgehead atoms. The van der Waals surface area contributed by atoms with Gasteiger partial charge in [0.25, 0.3) is 0 Å². The van der Waals surface area contributed by atoms with Gasteiger partial charge < -0.3 is 20.5 Å². The van der Waals surface area contributed by atoms with E-state index < -0.39 is 52.3 Å². The van der Waals surface area contributed by atoms with Crippen molar-refractivity contribution in [3.05, 3.63) is 93.0 Å². The quantitative estimate of drug-likeness (QED) is 0.265. The number of ether oxygens (including phenoxy) is 1. The van der Waals surface area contributed by atoms with E-state index in [0.717, 1.165) is 12.1 Å². The highest BCUT2D eigenvalue weighted by molar-refractivity contribution is 6.30. The fraction of sp³-hybridized carbons (Fsp3) is 0.323. The van der Waals surface area contributed by atoms with Crippen molar-refractivity contribution in [2.24, 2.45) is 5.41 Å². The summed E-state index contributed by atoms with van der Waals surface area (Å²) in [4.78, 5) is 25.5. The molecule has 1 amide bonds. The lowest BCUT2D eigenvalue weighted by molar-refractivity contribution is -0.118. The number of nitrogens with zero attached hydrogens (tertiary/aromatic N) is 1. The second-order valence-corrected chi connectivity index (χ2v) is 12.3. The smallest absolute Gasteiger partial charge is 0.335 e. The van der Waals surface area contributed by atoms with Gasteiger partial charge in [0.2, 0.25) is 5.91 Å². The Kier molecular flexibility index (Phi) is 8.84.